The van der Waals surface area contributed by atoms with Crippen LogP contribution >= 0.6 is 15.9 Å². The van der Waals surface area contributed by atoms with E-state index in [-0.39, 0.29) is 18.0 Å². The number of pyridine rings is 1. The van der Waals surface area contributed by atoms with Crippen LogP contribution in [0.3, 0.4) is 0 Å². The summed E-state index contributed by atoms with van der Waals surface area (Å²) in [4.78, 5) is 25.4. The normalized spacial score (nSPS) is 30.2. The van der Waals surface area contributed by atoms with Crippen molar-refractivity contribution in [2.24, 2.45) is 5.41 Å². The molecule has 2 heterocycles. The van der Waals surface area contributed by atoms with Gasteiger partial charge in [0.2, 0.25) is 5.91 Å². The Bertz CT molecular complexity index is 778. The molecule has 138 valence electrons. The third-order valence-electron chi connectivity index (χ3n) is 3.89. The number of rotatable bonds is 2. The Morgan fingerprint density at radius 3 is 2.60 bits per heavy atom. The maximum absolute atomic E-state index is 12.2. The van der Waals surface area contributed by atoms with Gasteiger partial charge in [0.25, 0.3) is 0 Å². The smallest absolute Gasteiger partial charge is 0.475 e. The Labute approximate surface area is 153 Å². The number of nitrogens with zero attached hydrogens (tertiary/aromatic N) is 1. The number of hydrogen-bond donors (Lipinski definition) is 3. The van der Waals surface area contributed by atoms with Crippen LogP contribution in [0, 0.1) is 12.3 Å². The van der Waals surface area contributed by atoms with Crippen LogP contribution < -0.4 is 10.6 Å². The number of fused-ring (bicyclic) bond motifs is 1. The van der Waals surface area contributed by atoms with E-state index in [1.807, 2.05) is 26.0 Å². The van der Waals surface area contributed by atoms with Crippen molar-refractivity contribution in [1.29, 1.82) is 0 Å². The highest BCUT2D eigenvalue weighted by molar-refractivity contribution is 9.10. The van der Waals surface area contributed by atoms with Crippen molar-refractivity contribution < 1.29 is 30.6 Å². The lowest BCUT2D eigenvalue weighted by Gasteiger charge is -2.15. The fraction of sp³-hybridized carbons (Fsp3) is 0.533. The summed E-state index contributed by atoms with van der Waals surface area (Å²) in [5.41, 5.74) is 0.473. The van der Waals surface area contributed by atoms with Gasteiger partial charge in [0.15, 0.2) is 0 Å². The van der Waals surface area contributed by atoms with Gasteiger partial charge in [0.05, 0.1) is 6.04 Å². The molecule has 0 unspecified atom stereocenters. The average molecular weight is 426 g/mol. The zero-order valence-electron chi connectivity index (χ0n) is 15.2. The van der Waals surface area contributed by atoms with Crippen LogP contribution in [0.4, 0.5) is 19.0 Å². The van der Waals surface area contributed by atoms with Crippen LogP contribution in [0.5, 0.6) is 0 Å². The van der Waals surface area contributed by atoms with E-state index in [9.17, 15) is 18.0 Å². The van der Waals surface area contributed by atoms with Gasteiger partial charge in [0, 0.05) is 8.78 Å². The van der Waals surface area contributed by atoms with Gasteiger partial charge in [-0.1, -0.05) is 13.0 Å². The molecule has 1 saturated carbocycles. The molecule has 1 aliphatic carbocycles. The summed E-state index contributed by atoms with van der Waals surface area (Å²) in [6.07, 6.45) is -5.77. The Morgan fingerprint density at radius 1 is 1.52 bits per heavy atom. The van der Waals surface area contributed by atoms with Crippen LogP contribution in [0.1, 0.15) is 28.0 Å². The molecule has 10 heteroatoms. The number of aryl methyl sites for hydroxylation is 1. The molecule has 1 aliphatic heterocycles. The number of nitrogens with one attached hydrogen (secondary N) is 2. The molecule has 25 heavy (non-hydrogen) atoms. The number of carboxylic acids is 1. The van der Waals surface area contributed by atoms with E-state index in [1.54, 1.807) is 0 Å². The van der Waals surface area contributed by atoms with Gasteiger partial charge in [-0.05, 0) is 52.7 Å². The van der Waals surface area contributed by atoms with E-state index < -0.39 is 23.9 Å². The van der Waals surface area contributed by atoms with E-state index in [2.05, 4.69) is 31.5 Å². The highest BCUT2D eigenvalue weighted by Crippen LogP contribution is 2.53. The van der Waals surface area contributed by atoms with Crippen molar-refractivity contribution in [3.8, 4) is 0 Å². The van der Waals surface area contributed by atoms with Gasteiger partial charge in [-0.2, -0.15) is 13.2 Å². The molecule has 1 aromatic heterocycles. The van der Waals surface area contributed by atoms with Crippen molar-refractivity contribution >= 4 is 33.6 Å². The summed E-state index contributed by atoms with van der Waals surface area (Å²) in [6.45, 7) is 3.77. The standard InChI is InChI=1S/C13H16BrN3O.C2HF3O2/c1-7-3-4-10(14)16-11(7)17-12(18)8-5-13(2)6-9(13)15-8;3-2(4,5)1(6)7/h3-4,8-9,15H,5-6H2,1-2H3,(H,16,17,18);(H,6,7)/t8-,9+,13-;/m0./s1/i6D2;. The Hall–Kier alpha value is -1.68. The van der Waals surface area contributed by atoms with Crippen molar-refractivity contribution in [2.45, 2.75) is 44.9 Å². The summed E-state index contributed by atoms with van der Waals surface area (Å²) < 4.78 is 48.1. The van der Waals surface area contributed by atoms with E-state index in [0.717, 1.165) is 5.56 Å². The molecule has 3 N–H and O–H groups in total. The van der Waals surface area contributed by atoms with Gasteiger partial charge in [0.1, 0.15) is 10.4 Å². The molecule has 2 aliphatic rings. The first-order valence-electron chi connectivity index (χ1n) is 8.20. The second-order valence-corrected chi connectivity index (χ2v) is 6.82. The SMILES string of the molecule is O=C(O)C(F)(F)F.[2H]C1([2H])[C@H]2N[C@H](C(=O)Nc3nc(Br)ccc3C)C[C@]21C. The van der Waals surface area contributed by atoms with E-state index in [4.69, 9.17) is 12.6 Å². The fourth-order valence-electron chi connectivity index (χ4n) is 2.38. The van der Waals surface area contributed by atoms with Crippen molar-refractivity contribution in [2.75, 3.05) is 5.32 Å². The summed E-state index contributed by atoms with van der Waals surface area (Å²) in [6, 6.07) is 3.13. The molecule has 2 fully saturated rings. The number of aliphatic carboxylic acids is 1. The molecule has 6 nitrogen and oxygen atoms in total. The largest absolute Gasteiger partial charge is 0.490 e. The number of aromatic nitrogens is 1. The molecule has 0 bridgehead atoms. The highest BCUT2D eigenvalue weighted by atomic mass is 79.9. The maximum atomic E-state index is 12.2. The Balaban J connectivity index is 0.000000321. The number of hydrogen-bond acceptors (Lipinski definition) is 4. The first-order valence-corrected chi connectivity index (χ1v) is 7.99. The topological polar surface area (TPSA) is 91.3 Å². The molecule has 1 amide bonds. The summed E-state index contributed by atoms with van der Waals surface area (Å²) in [5.74, 6) is -2.37. The van der Waals surface area contributed by atoms with Crippen molar-refractivity contribution in [3.63, 3.8) is 0 Å². The van der Waals surface area contributed by atoms with Crippen LogP contribution in [-0.2, 0) is 9.59 Å². The van der Waals surface area contributed by atoms with Crippen LogP contribution in [0.15, 0.2) is 16.7 Å². The molecule has 0 spiro atoms. The van der Waals surface area contributed by atoms with Crippen LogP contribution in [0.2, 0.25) is 0 Å². The number of halogens is 4. The van der Waals surface area contributed by atoms with Gasteiger partial charge in [-0.15, -0.1) is 0 Å². The molecule has 1 aromatic rings. The lowest BCUT2D eigenvalue weighted by molar-refractivity contribution is -0.192. The second-order valence-electron chi connectivity index (χ2n) is 6.01. The van der Waals surface area contributed by atoms with Gasteiger partial charge in [-0.25, -0.2) is 9.78 Å². The minimum atomic E-state index is -5.08. The molecule has 3 rings (SSSR count). The van der Waals surface area contributed by atoms with Crippen LogP contribution in [0.25, 0.3) is 0 Å². The zero-order valence-corrected chi connectivity index (χ0v) is 14.8. The van der Waals surface area contributed by atoms with Gasteiger partial charge in [-0.3, -0.25) is 4.79 Å². The van der Waals surface area contributed by atoms with E-state index in [0.29, 0.717) is 16.8 Å². The summed E-state index contributed by atoms with van der Waals surface area (Å²) >= 11 is 3.28. The number of piperidine rings is 1. The van der Waals surface area contributed by atoms with Crippen molar-refractivity contribution in [1.82, 2.24) is 10.3 Å². The molecule has 0 radical (unpaired) electrons. The molecule has 1 saturated heterocycles. The number of carboxylic acid groups (broad SMARTS) is 1. The summed E-state index contributed by atoms with van der Waals surface area (Å²) in [5, 5.41) is 13.0. The number of carbonyl (C=O) groups is 2. The number of carbonyl (C=O) groups excluding carboxylic acids is 1. The highest BCUT2D eigenvalue weighted by Gasteiger charge is 2.58. The Morgan fingerprint density at radius 2 is 2.12 bits per heavy atom. The minimum absolute atomic E-state index is 0.150. The quantitative estimate of drug-likeness (QED) is 0.633. The number of amides is 1. The number of anilines is 1. The monoisotopic (exact) mass is 425 g/mol. The predicted molar refractivity (Wildman–Crippen MR) is 87.0 cm³/mol. The average Bonchev–Trinajstić information content (AvgIpc) is 2.83. The van der Waals surface area contributed by atoms with E-state index >= 15 is 0 Å². The third-order valence-corrected chi connectivity index (χ3v) is 4.33. The molecule has 3 atom stereocenters. The lowest BCUT2D eigenvalue weighted by Crippen LogP contribution is -2.38. The van der Waals surface area contributed by atoms with Gasteiger partial charge < -0.3 is 15.7 Å². The third kappa shape index (κ3) is 4.91. The Kier molecular flexibility index (Phi) is 4.63. The molecular formula is C15H17BrF3N3O3. The van der Waals surface area contributed by atoms with Gasteiger partial charge >= 0.3 is 12.1 Å². The predicted octanol–water partition coefficient (Wildman–Crippen LogP) is 2.86. The lowest BCUT2D eigenvalue weighted by atomic mass is 10.0. The number of alkyl halides is 3. The minimum Gasteiger partial charge on any atom is -0.475 e. The zero-order chi connectivity index (χ0) is 20.8. The summed E-state index contributed by atoms with van der Waals surface area (Å²) in [7, 11) is 0. The van der Waals surface area contributed by atoms with Crippen molar-refractivity contribution in [3.05, 3.63) is 22.3 Å². The van der Waals surface area contributed by atoms with Crippen LogP contribution in [-0.4, -0.2) is 40.2 Å². The molecular weight excluding hydrogens is 407 g/mol. The second kappa shape index (κ2) is 6.91. The first-order chi connectivity index (χ1) is 12.2. The van der Waals surface area contributed by atoms with E-state index in [1.165, 1.54) is 0 Å². The maximum Gasteiger partial charge on any atom is 0.490 e. The molecule has 0 aromatic carbocycles. The first kappa shape index (κ1) is 16.8. The fourth-order valence-corrected chi connectivity index (χ4v) is 2.69.